The van der Waals surface area contributed by atoms with Crippen molar-refractivity contribution >= 4 is 17.9 Å². The molecule has 0 aliphatic heterocycles. The zero-order valence-electron chi connectivity index (χ0n) is 46.9. The molecule has 0 fully saturated rings. The largest absolute Gasteiger partial charge is 0.462 e. The van der Waals surface area contributed by atoms with Gasteiger partial charge in [-0.25, -0.2) is 0 Å². The van der Waals surface area contributed by atoms with Crippen LogP contribution in [0.5, 0.6) is 0 Å². The zero-order valence-corrected chi connectivity index (χ0v) is 46.9. The van der Waals surface area contributed by atoms with E-state index >= 15 is 0 Å². The first-order valence-corrected chi connectivity index (χ1v) is 29.9. The van der Waals surface area contributed by atoms with Crippen LogP contribution in [0.25, 0.3) is 0 Å². The number of esters is 3. The summed E-state index contributed by atoms with van der Waals surface area (Å²) >= 11 is 0. The van der Waals surface area contributed by atoms with Crippen molar-refractivity contribution in [3.63, 3.8) is 0 Å². The summed E-state index contributed by atoms with van der Waals surface area (Å²) in [6.45, 7) is 6.32. The number of ether oxygens (including phenoxy) is 3. The number of unbranched alkanes of at least 4 members (excludes halogenated alkanes) is 24. The number of rotatable bonds is 53. The standard InChI is InChI=1S/C66H110O6/c1-4-7-10-13-16-19-21-23-24-25-26-27-28-29-30-31-32-33-34-35-36-37-38-39-40-41-42-44-45-47-50-53-56-59-65(68)71-62-63(61-70-64(67)58-55-52-49-18-15-12-9-6-3)72-66(69)60-57-54-51-48-46-43-22-20-17-14-11-8-5-2/h7-8,10-11,16-17,19-20,23-24,26-27,29-30,43,46,51,54,63H,4-6,9,12-15,18,21-22,25,28,31-42,44-45,47-50,52-53,55-62H2,1-3H3/b10-7-,11-8-,19-16-,20-17-,24-23-,27-26-,30-29-,46-43-,54-51-. The van der Waals surface area contributed by atoms with Gasteiger partial charge in [0.05, 0.1) is 0 Å². The molecule has 0 heterocycles. The molecule has 1 unspecified atom stereocenters. The van der Waals surface area contributed by atoms with Crippen LogP contribution < -0.4 is 0 Å². The Bertz CT molecular complexity index is 1470. The highest BCUT2D eigenvalue weighted by Crippen LogP contribution is 2.16. The maximum absolute atomic E-state index is 12.7. The Labute approximate surface area is 444 Å². The minimum absolute atomic E-state index is 0.104. The molecule has 6 nitrogen and oxygen atoms in total. The maximum atomic E-state index is 12.7. The van der Waals surface area contributed by atoms with E-state index in [9.17, 15) is 14.4 Å². The Morgan fingerprint density at radius 3 is 0.903 bits per heavy atom. The van der Waals surface area contributed by atoms with Gasteiger partial charge in [-0.1, -0.05) is 271 Å². The van der Waals surface area contributed by atoms with Crippen LogP contribution in [0.3, 0.4) is 0 Å². The average Bonchev–Trinajstić information content (AvgIpc) is 3.38. The van der Waals surface area contributed by atoms with Gasteiger partial charge in [-0.2, -0.15) is 0 Å². The second-order valence-corrected chi connectivity index (χ2v) is 19.5. The van der Waals surface area contributed by atoms with Gasteiger partial charge in [0.25, 0.3) is 0 Å². The lowest BCUT2D eigenvalue weighted by atomic mass is 10.0. The fourth-order valence-corrected chi connectivity index (χ4v) is 8.13. The Morgan fingerprint density at radius 1 is 0.292 bits per heavy atom. The van der Waals surface area contributed by atoms with Gasteiger partial charge in [-0.3, -0.25) is 14.4 Å². The summed E-state index contributed by atoms with van der Waals surface area (Å²) in [7, 11) is 0. The Balaban J connectivity index is 4.07. The van der Waals surface area contributed by atoms with Crippen molar-refractivity contribution in [2.45, 2.75) is 277 Å². The molecule has 0 radical (unpaired) electrons. The van der Waals surface area contributed by atoms with Crippen molar-refractivity contribution in [1.82, 2.24) is 0 Å². The zero-order chi connectivity index (χ0) is 52.2. The topological polar surface area (TPSA) is 78.9 Å². The molecule has 0 amide bonds. The number of hydrogen-bond acceptors (Lipinski definition) is 6. The van der Waals surface area contributed by atoms with Crippen LogP contribution >= 0.6 is 0 Å². The summed E-state index contributed by atoms with van der Waals surface area (Å²) < 4.78 is 16.7. The van der Waals surface area contributed by atoms with Crippen LogP contribution in [0.4, 0.5) is 0 Å². The highest BCUT2D eigenvalue weighted by molar-refractivity contribution is 5.71. The first-order valence-electron chi connectivity index (χ1n) is 29.9. The minimum atomic E-state index is -0.812. The van der Waals surface area contributed by atoms with Crippen molar-refractivity contribution in [1.29, 1.82) is 0 Å². The molecule has 410 valence electrons. The van der Waals surface area contributed by atoms with Crippen molar-refractivity contribution < 1.29 is 28.6 Å². The number of carbonyl (C=O) groups excluding carboxylic acids is 3. The molecule has 6 heteroatoms. The summed E-state index contributed by atoms with van der Waals surface area (Å²) in [5.41, 5.74) is 0. The highest BCUT2D eigenvalue weighted by atomic mass is 16.6. The van der Waals surface area contributed by atoms with E-state index in [0.29, 0.717) is 19.3 Å². The van der Waals surface area contributed by atoms with E-state index in [-0.39, 0.29) is 31.6 Å². The third-order valence-electron chi connectivity index (χ3n) is 12.5. The fraction of sp³-hybridized carbons (Fsp3) is 0.682. The van der Waals surface area contributed by atoms with E-state index in [2.05, 4.69) is 118 Å². The Morgan fingerprint density at radius 2 is 0.569 bits per heavy atom. The smallest absolute Gasteiger partial charge is 0.306 e. The second kappa shape index (κ2) is 59.6. The Kier molecular flexibility index (Phi) is 56.4. The van der Waals surface area contributed by atoms with E-state index < -0.39 is 12.1 Å². The lowest BCUT2D eigenvalue weighted by Crippen LogP contribution is -2.30. The van der Waals surface area contributed by atoms with Gasteiger partial charge in [0.2, 0.25) is 0 Å². The van der Waals surface area contributed by atoms with Gasteiger partial charge >= 0.3 is 17.9 Å². The third kappa shape index (κ3) is 57.0. The summed E-state index contributed by atoms with van der Waals surface area (Å²) in [4.78, 5) is 37.9. The molecule has 0 saturated carbocycles. The summed E-state index contributed by atoms with van der Waals surface area (Å²) in [6, 6.07) is 0. The van der Waals surface area contributed by atoms with E-state index in [1.807, 2.05) is 12.2 Å². The third-order valence-corrected chi connectivity index (χ3v) is 12.5. The molecule has 0 bridgehead atoms. The molecule has 0 rings (SSSR count). The fourth-order valence-electron chi connectivity index (χ4n) is 8.13. The second-order valence-electron chi connectivity index (χ2n) is 19.5. The number of carbonyl (C=O) groups is 3. The normalized spacial score (nSPS) is 12.9. The van der Waals surface area contributed by atoms with Crippen LogP contribution in [0.1, 0.15) is 271 Å². The molecule has 0 aliphatic rings. The van der Waals surface area contributed by atoms with Crippen LogP contribution in [-0.4, -0.2) is 37.2 Å². The molecule has 0 aromatic rings. The van der Waals surface area contributed by atoms with E-state index in [4.69, 9.17) is 14.2 Å². The molecule has 0 spiro atoms. The van der Waals surface area contributed by atoms with Crippen molar-refractivity contribution in [3.8, 4) is 0 Å². The molecule has 0 aromatic heterocycles. The van der Waals surface area contributed by atoms with Gasteiger partial charge < -0.3 is 14.2 Å². The lowest BCUT2D eigenvalue weighted by molar-refractivity contribution is -0.166. The minimum Gasteiger partial charge on any atom is -0.462 e. The predicted molar refractivity (Wildman–Crippen MR) is 311 cm³/mol. The molecule has 0 saturated heterocycles. The first kappa shape index (κ1) is 68.1. The SMILES string of the molecule is CC/C=C\C/C=C\C/C=C\C/C=C\C/C=C\CCCCCCCCCCCCCCCCCCCC(=O)OCC(COC(=O)CCCCCCCCCC)OC(=O)CC/C=C\C/C=C\C/C=C\C/C=C\CC. The summed E-state index contributed by atoms with van der Waals surface area (Å²) in [5, 5.41) is 0. The van der Waals surface area contributed by atoms with Crippen molar-refractivity contribution in [3.05, 3.63) is 109 Å². The summed E-state index contributed by atoms with van der Waals surface area (Å²) in [5.74, 6) is -0.988. The van der Waals surface area contributed by atoms with E-state index in [1.54, 1.807) is 0 Å². The van der Waals surface area contributed by atoms with Crippen molar-refractivity contribution in [2.75, 3.05) is 13.2 Å². The van der Waals surface area contributed by atoms with Gasteiger partial charge in [0.15, 0.2) is 6.10 Å². The molecule has 72 heavy (non-hydrogen) atoms. The molecular weight excluding hydrogens is 889 g/mol. The lowest BCUT2D eigenvalue weighted by Gasteiger charge is -2.18. The average molecular weight is 1000 g/mol. The predicted octanol–water partition coefficient (Wildman–Crippen LogP) is 20.3. The van der Waals surface area contributed by atoms with Crippen LogP contribution in [0.2, 0.25) is 0 Å². The maximum Gasteiger partial charge on any atom is 0.306 e. The highest BCUT2D eigenvalue weighted by Gasteiger charge is 2.19. The van der Waals surface area contributed by atoms with Gasteiger partial charge in [-0.15, -0.1) is 0 Å². The van der Waals surface area contributed by atoms with E-state index in [1.165, 1.54) is 128 Å². The molecule has 1 atom stereocenters. The van der Waals surface area contributed by atoms with Crippen LogP contribution in [-0.2, 0) is 28.6 Å². The monoisotopic (exact) mass is 999 g/mol. The quantitative estimate of drug-likeness (QED) is 0.0261. The summed E-state index contributed by atoms with van der Waals surface area (Å²) in [6.07, 6.45) is 81.4. The molecule has 0 aromatic carbocycles. The van der Waals surface area contributed by atoms with Crippen LogP contribution in [0.15, 0.2) is 109 Å². The van der Waals surface area contributed by atoms with Gasteiger partial charge in [-0.05, 0) is 89.9 Å². The number of hydrogen-bond donors (Lipinski definition) is 0. The molecule has 0 N–H and O–H groups in total. The van der Waals surface area contributed by atoms with Gasteiger partial charge in [0.1, 0.15) is 13.2 Å². The van der Waals surface area contributed by atoms with Crippen LogP contribution in [0, 0.1) is 0 Å². The molecule has 0 aliphatic carbocycles. The van der Waals surface area contributed by atoms with Gasteiger partial charge in [0, 0.05) is 19.3 Å². The number of allylic oxidation sites excluding steroid dienone is 18. The Hall–Kier alpha value is -3.93. The first-order chi connectivity index (χ1) is 35.5. The van der Waals surface area contributed by atoms with Crippen molar-refractivity contribution in [2.24, 2.45) is 0 Å². The van der Waals surface area contributed by atoms with E-state index in [0.717, 1.165) is 96.3 Å². The molecular formula is C66H110O6.